The molecule has 5 rings (SSSR count). The average Bonchev–Trinajstić information content (AvgIpc) is 3.42. The minimum atomic E-state index is -0.279. The molecule has 4 heterocycles. The smallest absolute Gasteiger partial charge is 0.273 e. The predicted molar refractivity (Wildman–Crippen MR) is 100 cm³/mol. The lowest BCUT2D eigenvalue weighted by Gasteiger charge is -2.26. The van der Waals surface area contributed by atoms with Crippen molar-refractivity contribution in [1.82, 2.24) is 29.9 Å². The van der Waals surface area contributed by atoms with Gasteiger partial charge in [0.05, 0.1) is 25.0 Å². The zero-order chi connectivity index (χ0) is 18.9. The van der Waals surface area contributed by atoms with E-state index in [1.165, 1.54) is 0 Å². The third kappa shape index (κ3) is 3.42. The molecule has 0 aliphatic carbocycles. The molecule has 1 N–H and O–H groups in total. The summed E-state index contributed by atoms with van der Waals surface area (Å²) in [5, 5.41) is 11.8. The van der Waals surface area contributed by atoms with Gasteiger partial charge in [-0.1, -0.05) is 29.1 Å². The second kappa shape index (κ2) is 7.19. The number of nitrogens with zero attached hydrogens (tertiary/aromatic N) is 5. The van der Waals surface area contributed by atoms with Crippen LogP contribution < -0.4 is 14.8 Å². The van der Waals surface area contributed by atoms with Crippen molar-refractivity contribution < 1.29 is 14.3 Å². The Hall–Kier alpha value is -3.01. The lowest BCUT2D eigenvalue weighted by Crippen LogP contribution is -2.33. The number of rotatable bonds is 5. The minimum Gasteiger partial charge on any atom is -0.486 e. The monoisotopic (exact) mass is 398 g/mol. The molecule has 1 amide bonds. The number of para-hydroxylation sites is 2. The van der Waals surface area contributed by atoms with Gasteiger partial charge in [-0.05, 0) is 12.1 Å². The Balaban J connectivity index is 1.17. The van der Waals surface area contributed by atoms with Crippen molar-refractivity contribution in [1.29, 1.82) is 0 Å². The summed E-state index contributed by atoms with van der Waals surface area (Å²) in [6.07, 6.45) is 3.39. The summed E-state index contributed by atoms with van der Waals surface area (Å²) in [5.41, 5.74) is 1.10. The van der Waals surface area contributed by atoms with Gasteiger partial charge >= 0.3 is 0 Å². The Morgan fingerprint density at radius 1 is 1.29 bits per heavy atom. The highest BCUT2D eigenvalue weighted by Crippen LogP contribution is 2.31. The first-order valence-corrected chi connectivity index (χ1v) is 9.99. The first-order chi connectivity index (χ1) is 13.7. The maximum atomic E-state index is 12.3. The zero-order valence-corrected chi connectivity index (χ0v) is 15.8. The molecule has 9 nitrogen and oxygen atoms in total. The molecule has 144 valence electrons. The second-order valence-electron chi connectivity index (χ2n) is 6.56. The number of carbonyl (C=O) groups is 1. The molecular formula is C18H18N6O3S. The van der Waals surface area contributed by atoms with Crippen LogP contribution in [0.1, 0.15) is 16.2 Å². The van der Waals surface area contributed by atoms with Gasteiger partial charge in [-0.2, -0.15) is 0 Å². The highest BCUT2D eigenvalue weighted by atomic mass is 32.2. The highest BCUT2D eigenvalue weighted by molar-refractivity contribution is 7.99. The standard InChI is InChI=1S/C18H18N6O3S/c25-17(19-7-12-8-23-5-6-28-18(23)20-12)14-10-24(22-21-14)9-13-11-26-15-3-1-2-4-16(15)27-13/h1-4,8,10,13H,5-7,9,11H2,(H,19,25)/t13-/m0/s1. The number of nitrogens with one attached hydrogen (secondary N) is 1. The molecule has 0 bridgehead atoms. The third-order valence-corrected chi connectivity index (χ3v) is 5.48. The van der Waals surface area contributed by atoms with Crippen LogP contribution in [-0.4, -0.2) is 48.9 Å². The molecule has 1 atom stereocenters. The Morgan fingerprint density at radius 3 is 3.07 bits per heavy atom. The molecule has 28 heavy (non-hydrogen) atoms. The number of aryl methyl sites for hydroxylation is 1. The molecule has 2 aromatic heterocycles. The fourth-order valence-corrected chi connectivity index (χ4v) is 4.12. The van der Waals surface area contributed by atoms with Crippen LogP contribution in [0.4, 0.5) is 0 Å². The van der Waals surface area contributed by atoms with Gasteiger partial charge in [0.25, 0.3) is 5.91 Å². The van der Waals surface area contributed by atoms with E-state index in [0.29, 0.717) is 25.4 Å². The molecular weight excluding hydrogens is 380 g/mol. The Labute approximate surface area is 165 Å². The summed E-state index contributed by atoms with van der Waals surface area (Å²) in [6.45, 7) is 2.19. The number of carbonyl (C=O) groups excluding carboxylic acids is 1. The van der Waals surface area contributed by atoms with Crippen molar-refractivity contribution in [3.63, 3.8) is 0 Å². The molecule has 10 heteroatoms. The number of hydrogen-bond donors (Lipinski definition) is 1. The number of benzene rings is 1. The quantitative estimate of drug-likeness (QED) is 0.693. The SMILES string of the molecule is O=C(NCc1cn2c(n1)SCC2)c1cn(C[C@H]2COc3ccccc3O2)nn1. The van der Waals surface area contributed by atoms with E-state index in [1.807, 2.05) is 30.5 Å². The van der Waals surface area contributed by atoms with Crippen LogP contribution in [0.5, 0.6) is 11.5 Å². The zero-order valence-electron chi connectivity index (χ0n) is 14.9. The summed E-state index contributed by atoms with van der Waals surface area (Å²) in [6, 6.07) is 7.54. The Morgan fingerprint density at radius 2 is 2.18 bits per heavy atom. The Kier molecular flexibility index (Phi) is 4.40. The van der Waals surface area contributed by atoms with Gasteiger partial charge in [0.15, 0.2) is 28.5 Å². The van der Waals surface area contributed by atoms with E-state index >= 15 is 0 Å². The van der Waals surface area contributed by atoms with E-state index in [4.69, 9.17) is 9.47 Å². The van der Waals surface area contributed by atoms with Gasteiger partial charge in [0, 0.05) is 18.5 Å². The normalized spacial score (nSPS) is 17.4. The van der Waals surface area contributed by atoms with Crippen molar-refractivity contribution in [2.45, 2.75) is 30.9 Å². The predicted octanol–water partition coefficient (Wildman–Crippen LogP) is 1.35. The molecule has 0 saturated heterocycles. The van der Waals surface area contributed by atoms with E-state index in [1.54, 1.807) is 22.6 Å². The molecule has 1 aromatic carbocycles. The molecule has 2 aliphatic heterocycles. The van der Waals surface area contributed by atoms with Crippen molar-refractivity contribution in [3.05, 3.63) is 48.0 Å². The summed E-state index contributed by atoms with van der Waals surface area (Å²) in [7, 11) is 0. The average molecular weight is 398 g/mol. The van der Waals surface area contributed by atoms with Gasteiger partial charge < -0.3 is 19.4 Å². The van der Waals surface area contributed by atoms with Crippen molar-refractivity contribution >= 4 is 17.7 Å². The lowest BCUT2D eigenvalue weighted by molar-refractivity contribution is 0.0754. The van der Waals surface area contributed by atoms with E-state index in [0.717, 1.165) is 28.9 Å². The molecule has 0 radical (unpaired) electrons. The van der Waals surface area contributed by atoms with E-state index in [9.17, 15) is 4.79 Å². The number of hydrogen-bond acceptors (Lipinski definition) is 7. The number of aromatic nitrogens is 5. The van der Waals surface area contributed by atoms with Gasteiger partial charge in [-0.25, -0.2) is 9.67 Å². The van der Waals surface area contributed by atoms with Crippen LogP contribution in [0.25, 0.3) is 0 Å². The molecule has 0 saturated carbocycles. The van der Waals surface area contributed by atoms with Crippen LogP contribution in [0.15, 0.2) is 41.8 Å². The fourth-order valence-electron chi connectivity index (χ4n) is 3.16. The van der Waals surface area contributed by atoms with Crippen LogP contribution in [-0.2, 0) is 19.6 Å². The van der Waals surface area contributed by atoms with Crippen molar-refractivity contribution in [3.8, 4) is 11.5 Å². The van der Waals surface area contributed by atoms with Crippen LogP contribution in [0.2, 0.25) is 0 Å². The van der Waals surface area contributed by atoms with Gasteiger partial charge in [-0.3, -0.25) is 4.79 Å². The molecule has 0 fully saturated rings. The number of ether oxygens (including phenoxy) is 2. The largest absolute Gasteiger partial charge is 0.486 e. The number of imidazole rings is 1. The van der Waals surface area contributed by atoms with Crippen LogP contribution in [0, 0.1) is 0 Å². The third-order valence-electron chi connectivity index (χ3n) is 4.51. The maximum Gasteiger partial charge on any atom is 0.273 e. The van der Waals surface area contributed by atoms with Crippen LogP contribution in [0.3, 0.4) is 0 Å². The lowest BCUT2D eigenvalue weighted by atomic mass is 10.2. The number of amides is 1. The summed E-state index contributed by atoms with van der Waals surface area (Å²) < 4.78 is 15.3. The van der Waals surface area contributed by atoms with Gasteiger partial charge in [-0.15, -0.1) is 5.10 Å². The first-order valence-electron chi connectivity index (χ1n) is 9.00. The maximum absolute atomic E-state index is 12.3. The fraction of sp³-hybridized carbons (Fsp3) is 0.333. The molecule has 0 unspecified atom stereocenters. The summed E-state index contributed by atoms with van der Waals surface area (Å²) in [5.74, 6) is 2.22. The molecule has 3 aromatic rings. The van der Waals surface area contributed by atoms with E-state index < -0.39 is 0 Å². The van der Waals surface area contributed by atoms with Crippen molar-refractivity contribution in [2.75, 3.05) is 12.4 Å². The Bertz CT molecular complexity index is 995. The summed E-state index contributed by atoms with van der Waals surface area (Å²) >= 11 is 1.73. The van der Waals surface area contributed by atoms with E-state index in [-0.39, 0.29) is 17.7 Å². The summed E-state index contributed by atoms with van der Waals surface area (Å²) in [4.78, 5) is 16.8. The van der Waals surface area contributed by atoms with E-state index in [2.05, 4.69) is 25.2 Å². The van der Waals surface area contributed by atoms with Gasteiger partial charge in [0.2, 0.25) is 0 Å². The highest BCUT2D eigenvalue weighted by Gasteiger charge is 2.22. The van der Waals surface area contributed by atoms with Crippen molar-refractivity contribution in [2.24, 2.45) is 0 Å². The topological polar surface area (TPSA) is 96.1 Å². The molecule has 0 spiro atoms. The number of thioether (sulfide) groups is 1. The van der Waals surface area contributed by atoms with Gasteiger partial charge in [0.1, 0.15) is 6.61 Å². The second-order valence-corrected chi connectivity index (χ2v) is 7.62. The first kappa shape index (κ1) is 17.1. The number of fused-ring (bicyclic) bond motifs is 2. The van der Waals surface area contributed by atoms with Crippen LogP contribution >= 0.6 is 11.8 Å². The molecule has 2 aliphatic rings. The minimum absolute atomic E-state index is 0.196.